The van der Waals surface area contributed by atoms with Crippen molar-refractivity contribution in [2.24, 2.45) is 0 Å². The van der Waals surface area contributed by atoms with E-state index in [0.717, 1.165) is 0 Å². The predicted octanol–water partition coefficient (Wildman–Crippen LogP) is -0.829. The second kappa shape index (κ2) is 2.22. The maximum Gasteiger partial charge on any atom is 0.250 e. The quantitative estimate of drug-likeness (QED) is 0.430. The fourth-order valence-corrected chi connectivity index (χ4v) is 0.641. The van der Waals surface area contributed by atoms with E-state index in [4.69, 9.17) is 0 Å². The lowest BCUT2D eigenvalue weighted by Gasteiger charge is -2.12. The monoisotopic (exact) mass is 140 g/mol. The van der Waals surface area contributed by atoms with Crippen LogP contribution >= 0.6 is 0 Å². The van der Waals surface area contributed by atoms with Gasteiger partial charge in [0.1, 0.15) is 5.69 Å². The van der Waals surface area contributed by atoms with Gasteiger partial charge in [-0.3, -0.25) is 9.59 Å². The first-order valence-electron chi connectivity index (χ1n) is 2.85. The Balaban J connectivity index is 2.73. The molecule has 54 valence electrons. The molecule has 0 bridgehead atoms. The van der Waals surface area contributed by atoms with Crippen LogP contribution < -0.4 is 16.3 Å². The molecule has 0 aliphatic carbocycles. The summed E-state index contributed by atoms with van der Waals surface area (Å²) in [5.74, 6) is 0. The molecule has 0 atom stereocenters. The molecule has 4 nitrogen and oxygen atoms in total. The summed E-state index contributed by atoms with van der Waals surface area (Å²) in [6, 6.07) is 1.28. The van der Waals surface area contributed by atoms with Gasteiger partial charge in [0.15, 0.2) is 0 Å². The van der Waals surface area contributed by atoms with Crippen molar-refractivity contribution in [2.45, 2.75) is 0 Å². The van der Waals surface area contributed by atoms with E-state index in [1.165, 1.54) is 6.07 Å². The second-order valence-electron chi connectivity index (χ2n) is 2.26. The Hall–Kier alpha value is -1.16. The Morgan fingerprint density at radius 1 is 1.40 bits per heavy atom. The summed E-state index contributed by atoms with van der Waals surface area (Å²) in [6.07, 6.45) is 0. The van der Waals surface area contributed by atoms with Crippen LogP contribution in [0.2, 0.25) is 0 Å². The largest absolute Gasteiger partial charge is 0.316 e. The van der Waals surface area contributed by atoms with Gasteiger partial charge in [-0.2, -0.15) is 0 Å². The maximum absolute atomic E-state index is 10.6. The number of anilines is 1. The Labute approximate surface area is 57.7 Å². The van der Waals surface area contributed by atoms with Gasteiger partial charge >= 0.3 is 0 Å². The van der Waals surface area contributed by atoms with Gasteiger partial charge in [-0.1, -0.05) is 0 Å². The number of rotatable bonds is 2. The van der Waals surface area contributed by atoms with Crippen molar-refractivity contribution in [3.63, 3.8) is 0 Å². The van der Waals surface area contributed by atoms with E-state index >= 15 is 0 Å². The van der Waals surface area contributed by atoms with Gasteiger partial charge in [-0.25, -0.2) is 5.01 Å². The zero-order valence-corrected chi connectivity index (χ0v) is 5.84. The van der Waals surface area contributed by atoms with Crippen molar-refractivity contribution in [1.82, 2.24) is 5.01 Å². The highest BCUT2D eigenvalue weighted by molar-refractivity contribution is 5.45. The van der Waals surface area contributed by atoms with E-state index < -0.39 is 10.9 Å². The minimum atomic E-state index is -0.436. The van der Waals surface area contributed by atoms with Crippen LogP contribution in [0, 0.1) is 0 Å². The Morgan fingerprint density at radius 3 is 2.30 bits per heavy atom. The van der Waals surface area contributed by atoms with Gasteiger partial charge in [-0.05, 0) is 0 Å². The molecule has 1 aromatic rings. The molecular weight excluding hydrogens is 132 g/mol. The molecule has 0 heterocycles. The molecule has 0 fully saturated rings. The van der Waals surface area contributed by atoms with Crippen LogP contribution in [0.5, 0.6) is 0 Å². The molecule has 10 heavy (non-hydrogen) atoms. The van der Waals surface area contributed by atoms with Crippen molar-refractivity contribution in [3.8, 4) is 0 Å². The lowest BCUT2D eigenvalue weighted by Crippen LogP contribution is -2.36. The molecule has 1 aromatic carbocycles. The minimum absolute atomic E-state index is 0.370. The van der Waals surface area contributed by atoms with Gasteiger partial charge in [0.25, 0.3) is 0 Å². The van der Waals surface area contributed by atoms with Crippen molar-refractivity contribution in [1.29, 1.82) is 0 Å². The molecule has 0 aromatic heterocycles. The average Bonchev–Trinajstić information content (AvgIpc) is 1.86. The number of hydrazine groups is 1. The molecule has 0 spiro atoms. The van der Waals surface area contributed by atoms with Crippen LogP contribution in [-0.4, -0.2) is 19.1 Å². The van der Waals surface area contributed by atoms with Gasteiger partial charge in [0.05, 0.1) is 0 Å². The highest BCUT2D eigenvalue weighted by atomic mass is 16.2. The maximum atomic E-state index is 10.6. The van der Waals surface area contributed by atoms with Gasteiger partial charge in [0.2, 0.25) is 10.9 Å². The van der Waals surface area contributed by atoms with E-state index in [1.807, 2.05) is 0 Å². The molecule has 0 amide bonds. The van der Waals surface area contributed by atoms with Crippen molar-refractivity contribution in [2.75, 3.05) is 19.5 Å². The topological polar surface area (TPSA) is 49.4 Å². The highest BCUT2D eigenvalue weighted by Gasteiger charge is 2.08. The molecule has 0 radical (unpaired) electrons. The van der Waals surface area contributed by atoms with Crippen LogP contribution in [0.25, 0.3) is 0 Å². The third-order valence-electron chi connectivity index (χ3n) is 1.09. The van der Waals surface area contributed by atoms with Crippen LogP contribution in [0.4, 0.5) is 5.69 Å². The van der Waals surface area contributed by atoms with Gasteiger partial charge in [-0.15, -0.1) is 0 Å². The van der Waals surface area contributed by atoms with Crippen LogP contribution in [0.1, 0.15) is 0 Å². The molecule has 0 saturated carbocycles. The molecule has 0 aliphatic rings. The fraction of sp³-hybridized carbons (Fsp3) is 0.333. The lowest BCUT2D eigenvalue weighted by atomic mass is 10.3. The van der Waals surface area contributed by atoms with E-state index in [-0.39, 0.29) is 0 Å². The Kier molecular flexibility index (Phi) is 1.55. The fourth-order valence-electron chi connectivity index (χ4n) is 0.641. The standard InChI is InChI=1S/C6H8N2O2/c1-8(2)7-4-3-5(9)6(4)10/h3,7H,1-2H3. The molecule has 0 aliphatic heterocycles. The minimum Gasteiger partial charge on any atom is -0.316 e. The SMILES string of the molecule is CN(C)Nc1cc(=O)c1=O. The summed E-state index contributed by atoms with van der Waals surface area (Å²) < 4.78 is 0. The first kappa shape index (κ1) is 6.95. The average molecular weight is 140 g/mol. The number of hydrogen-bond donors (Lipinski definition) is 1. The summed E-state index contributed by atoms with van der Waals surface area (Å²) in [6.45, 7) is 0. The third kappa shape index (κ3) is 1.06. The summed E-state index contributed by atoms with van der Waals surface area (Å²) in [5, 5.41) is 1.61. The van der Waals surface area contributed by atoms with Crippen molar-refractivity contribution >= 4 is 5.69 Å². The van der Waals surface area contributed by atoms with Crippen molar-refractivity contribution < 1.29 is 0 Å². The normalized spacial score (nSPS) is 10.7. The Bertz CT molecular complexity index is 296. The van der Waals surface area contributed by atoms with Crippen molar-refractivity contribution in [3.05, 3.63) is 26.5 Å². The summed E-state index contributed by atoms with van der Waals surface area (Å²) in [4.78, 5) is 20.9. The molecule has 1 rings (SSSR count). The first-order chi connectivity index (χ1) is 4.61. The highest BCUT2D eigenvalue weighted by Crippen LogP contribution is 1.94. The van der Waals surface area contributed by atoms with Crippen LogP contribution in [0.3, 0.4) is 0 Å². The summed E-state index contributed by atoms with van der Waals surface area (Å²) in [7, 11) is 3.49. The third-order valence-corrected chi connectivity index (χ3v) is 1.09. The molecule has 4 heteroatoms. The number of hydrogen-bond acceptors (Lipinski definition) is 4. The molecule has 0 saturated heterocycles. The smallest absolute Gasteiger partial charge is 0.250 e. The Morgan fingerprint density at radius 2 is 2.00 bits per heavy atom. The summed E-state index contributed by atoms with van der Waals surface area (Å²) >= 11 is 0. The predicted molar refractivity (Wildman–Crippen MR) is 38.7 cm³/mol. The van der Waals surface area contributed by atoms with Crippen LogP contribution in [0.15, 0.2) is 15.7 Å². The molecule has 0 unspecified atom stereocenters. The van der Waals surface area contributed by atoms with E-state index in [0.29, 0.717) is 5.69 Å². The first-order valence-corrected chi connectivity index (χ1v) is 2.85. The van der Waals surface area contributed by atoms with E-state index in [2.05, 4.69) is 5.43 Å². The zero-order chi connectivity index (χ0) is 7.72. The lowest BCUT2D eigenvalue weighted by molar-refractivity contribution is 0.493. The second-order valence-corrected chi connectivity index (χ2v) is 2.26. The number of nitrogens with one attached hydrogen (secondary N) is 1. The van der Waals surface area contributed by atoms with Gasteiger partial charge in [0, 0.05) is 20.2 Å². The van der Waals surface area contributed by atoms with Gasteiger partial charge < -0.3 is 5.43 Å². The number of nitrogens with zero attached hydrogens (tertiary/aromatic N) is 1. The van der Waals surface area contributed by atoms with E-state index in [1.54, 1.807) is 19.1 Å². The van der Waals surface area contributed by atoms with E-state index in [9.17, 15) is 9.59 Å². The molecule has 1 N–H and O–H groups in total. The summed E-state index contributed by atoms with van der Waals surface area (Å²) in [5.41, 5.74) is 2.19. The van der Waals surface area contributed by atoms with Crippen LogP contribution in [-0.2, 0) is 0 Å². The molecular formula is C6H8N2O2. The zero-order valence-electron chi connectivity index (χ0n) is 5.84.